The lowest BCUT2D eigenvalue weighted by Gasteiger charge is -2.03. The molecule has 2 N–H and O–H groups in total. The molecular weight excluding hydrogens is 358 g/mol. The third-order valence-electron chi connectivity index (χ3n) is 5.75. The second-order valence-electron chi connectivity index (χ2n) is 8.43. The summed E-state index contributed by atoms with van der Waals surface area (Å²) in [5, 5.41) is 4.12. The first-order valence-electron chi connectivity index (χ1n) is 11.9. The Hall–Kier alpha value is -1.84. The van der Waals surface area contributed by atoms with Crippen LogP contribution in [0, 0.1) is 6.92 Å². The number of aromatic nitrogens is 2. The van der Waals surface area contributed by atoms with Crippen molar-refractivity contribution in [2.75, 3.05) is 5.73 Å². The summed E-state index contributed by atoms with van der Waals surface area (Å²) in [6.07, 6.45) is 20.1. The van der Waals surface area contributed by atoms with E-state index >= 15 is 0 Å². The SMILES string of the molecule is CCCCCCCCCCCCCCCCc1noc(-c2ccc(C)c(N)c2)n1. The van der Waals surface area contributed by atoms with Crippen LogP contribution in [0.4, 0.5) is 5.69 Å². The summed E-state index contributed by atoms with van der Waals surface area (Å²) >= 11 is 0. The van der Waals surface area contributed by atoms with Gasteiger partial charge in [0.05, 0.1) is 0 Å². The fourth-order valence-electron chi connectivity index (χ4n) is 3.72. The molecule has 0 saturated heterocycles. The molecule has 0 spiro atoms. The van der Waals surface area contributed by atoms with Gasteiger partial charge < -0.3 is 10.3 Å². The van der Waals surface area contributed by atoms with Gasteiger partial charge in [-0.1, -0.05) is 102 Å². The van der Waals surface area contributed by atoms with E-state index in [1.54, 1.807) is 0 Å². The van der Waals surface area contributed by atoms with Gasteiger partial charge in [0.1, 0.15) is 0 Å². The Morgan fingerprint density at radius 1 is 0.793 bits per heavy atom. The second-order valence-corrected chi connectivity index (χ2v) is 8.43. The molecule has 0 radical (unpaired) electrons. The maximum atomic E-state index is 5.97. The first-order valence-corrected chi connectivity index (χ1v) is 11.9. The number of anilines is 1. The van der Waals surface area contributed by atoms with Gasteiger partial charge in [0, 0.05) is 17.7 Å². The summed E-state index contributed by atoms with van der Waals surface area (Å²) in [5.41, 5.74) is 8.69. The smallest absolute Gasteiger partial charge is 0.257 e. The number of nitrogens with two attached hydrogens (primary N) is 1. The lowest BCUT2D eigenvalue weighted by Crippen LogP contribution is -1.91. The van der Waals surface area contributed by atoms with Crippen molar-refractivity contribution >= 4 is 5.69 Å². The summed E-state index contributed by atoms with van der Waals surface area (Å²) in [4.78, 5) is 4.52. The summed E-state index contributed by atoms with van der Waals surface area (Å²) in [5.74, 6) is 1.37. The predicted octanol–water partition coefficient (Wildman–Crippen LogP) is 7.65. The van der Waals surface area contributed by atoms with Crippen LogP contribution in [0.15, 0.2) is 22.7 Å². The first kappa shape index (κ1) is 23.4. The number of aryl methyl sites for hydroxylation is 2. The van der Waals surface area contributed by atoms with Crippen LogP contribution in [-0.4, -0.2) is 10.1 Å². The Morgan fingerprint density at radius 2 is 1.34 bits per heavy atom. The van der Waals surface area contributed by atoms with Crippen LogP contribution >= 0.6 is 0 Å². The molecule has 162 valence electrons. The van der Waals surface area contributed by atoms with E-state index < -0.39 is 0 Å². The minimum atomic E-state index is 0.567. The van der Waals surface area contributed by atoms with Crippen molar-refractivity contribution in [3.8, 4) is 11.5 Å². The van der Waals surface area contributed by atoms with Crippen LogP contribution in [-0.2, 0) is 6.42 Å². The minimum Gasteiger partial charge on any atom is -0.398 e. The Balaban J connectivity index is 1.46. The fourth-order valence-corrected chi connectivity index (χ4v) is 3.72. The highest BCUT2D eigenvalue weighted by atomic mass is 16.5. The van der Waals surface area contributed by atoms with Gasteiger partial charge in [-0.15, -0.1) is 0 Å². The number of hydrogen-bond acceptors (Lipinski definition) is 4. The van der Waals surface area contributed by atoms with E-state index in [1.165, 1.54) is 83.5 Å². The lowest BCUT2D eigenvalue weighted by atomic mass is 10.0. The summed E-state index contributed by atoms with van der Waals surface area (Å²) in [6.45, 7) is 4.28. The van der Waals surface area contributed by atoms with Gasteiger partial charge >= 0.3 is 0 Å². The molecule has 0 bridgehead atoms. The summed E-state index contributed by atoms with van der Waals surface area (Å²) < 4.78 is 5.40. The maximum Gasteiger partial charge on any atom is 0.257 e. The number of hydrogen-bond donors (Lipinski definition) is 1. The van der Waals surface area contributed by atoms with Gasteiger partial charge in [-0.2, -0.15) is 4.98 Å². The molecule has 0 aliphatic heterocycles. The van der Waals surface area contributed by atoms with Crippen LogP contribution < -0.4 is 5.73 Å². The van der Waals surface area contributed by atoms with E-state index in [0.717, 1.165) is 35.5 Å². The van der Waals surface area contributed by atoms with Crippen molar-refractivity contribution < 1.29 is 4.52 Å². The first-order chi connectivity index (χ1) is 14.2. The molecular formula is C25H41N3O. The molecule has 0 atom stereocenters. The van der Waals surface area contributed by atoms with Crippen LogP contribution in [0.25, 0.3) is 11.5 Å². The highest BCUT2D eigenvalue weighted by Gasteiger charge is 2.09. The molecule has 29 heavy (non-hydrogen) atoms. The number of nitrogen functional groups attached to an aromatic ring is 1. The van der Waals surface area contributed by atoms with E-state index in [2.05, 4.69) is 17.1 Å². The molecule has 1 aromatic carbocycles. The number of unbranched alkanes of at least 4 members (excludes halogenated alkanes) is 13. The summed E-state index contributed by atoms with van der Waals surface area (Å²) in [7, 11) is 0. The Bertz CT molecular complexity index is 680. The molecule has 4 heteroatoms. The highest BCUT2D eigenvalue weighted by Crippen LogP contribution is 2.22. The quantitative estimate of drug-likeness (QED) is 0.232. The Kier molecular flexibility index (Phi) is 11.5. The van der Waals surface area contributed by atoms with Gasteiger partial charge in [-0.25, -0.2) is 0 Å². The number of nitrogens with zero attached hydrogens (tertiary/aromatic N) is 2. The average Bonchev–Trinajstić information content (AvgIpc) is 3.19. The van der Waals surface area contributed by atoms with Crippen molar-refractivity contribution in [2.24, 2.45) is 0 Å². The normalized spacial score (nSPS) is 11.2. The third-order valence-corrected chi connectivity index (χ3v) is 5.75. The molecule has 4 nitrogen and oxygen atoms in total. The molecule has 1 aromatic heterocycles. The zero-order valence-electron chi connectivity index (χ0n) is 18.7. The van der Waals surface area contributed by atoms with Gasteiger partial charge in [-0.05, 0) is 31.0 Å². The standard InChI is InChI=1S/C25H41N3O/c1-3-4-5-6-7-8-9-10-11-12-13-14-15-16-17-24-27-25(29-28-24)22-19-18-21(2)23(26)20-22/h18-20H,3-17,26H2,1-2H3. The maximum absolute atomic E-state index is 5.97. The van der Waals surface area contributed by atoms with E-state index in [9.17, 15) is 0 Å². The molecule has 0 aliphatic carbocycles. The highest BCUT2D eigenvalue weighted by molar-refractivity contribution is 5.62. The molecule has 1 heterocycles. The van der Waals surface area contributed by atoms with Gasteiger partial charge in [0.2, 0.25) is 0 Å². The van der Waals surface area contributed by atoms with Crippen molar-refractivity contribution in [3.63, 3.8) is 0 Å². The van der Waals surface area contributed by atoms with Crippen molar-refractivity contribution in [3.05, 3.63) is 29.6 Å². The molecule has 0 unspecified atom stereocenters. The zero-order chi connectivity index (χ0) is 20.7. The van der Waals surface area contributed by atoms with Crippen LogP contribution in [0.5, 0.6) is 0 Å². The van der Waals surface area contributed by atoms with Gasteiger partial charge in [-0.3, -0.25) is 0 Å². The lowest BCUT2D eigenvalue weighted by molar-refractivity contribution is 0.421. The van der Waals surface area contributed by atoms with E-state index in [0.29, 0.717) is 5.89 Å². The number of benzene rings is 1. The van der Waals surface area contributed by atoms with Crippen molar-refractivity contribution in [1.82, 2.24) is 10.1 Å². The third kappa shape index (κ3) is 9.47. The van der Waals surface area contributed by atoms with E-state index in [-0.39, 0.29) is 0 Å². The summed E-state index contributed by atoms with van der Waals surface area (Å²) in [6, 6.07) is 5.87. The molecule has 2 rings (SSSR count). The monoisotopic (exact) mass is 399 g/mol. The molecule has 0 saturated carbocycles. The van der Waals surface area contributed by atoms with Crippen LogP contribution in [0.3, 0.4) is 0 Å². The Labute approximate surface area is 177 Å². The largest absolute Gasteiger partial charge is 0.398 e. The average molecular weight is 400 g/mol. The van der Waals surface area contributed by atoms with Gasteiger partial charge in [0.25, 0.3) is 5.89 Å². The minimum absolute atomic E-state index is 0.567. The fraction of sp³-hybridized carbons (Fsp3) is 0.680. The zero-order valence-corrected chi connectivity index (χ0v) is 18.7. The van der Waals surface area contributed by atoms with Crippen LogP contribution in [0.2, 0.25) is 0 Å². The predicted molar refractivity (Wildman–Crippen MR) is 123 cm³/mol. The van der Waals surface area contributed by atoms with E-state index in [4.69, 9.17) is 10.3 Å². The second kappa shape index (κ2) is 14.2. The Morgan fingerprint density at radius 3 is 1.90 bits per heavy atom. The van der Waals surface area contributed by atoms with E-state index in [1.807, 2.05) is 25.1 Å². The molecule has 0 aliphatic rings. The van der Waals surface area contributed by atoms with Gasteiger partial charge in [0.15, 0.2) is 5.82 Å². The molecule has 2 aromatic rings. The van der Waals surface area contributed by atoms with Crippen molar-refractivity contribution in [2.45, 2.75) is 110 Å². The topological polar surface area (TPSA) is 64.9 Å². The molecule has 0 amide bonds. The number of rotatable bonds is 16. The molecule has 0 fully saturated rings. The van der Waals surface area contributed by atoms with Crippen LogP contribution in [0.1, 0.15) is 108 Å². The van der Waals surface area contributed by atoms with Crippen molar-refractivity contribution in [1.29, 1.82) is 0 Å².